The van der Waals surface area contributed by atoms with E-state index in [1.54, 1.807) is 0 Å². The molecule has 0 spiro atoms. The third-order valence-corrected chi connectivity index (χ3v) is 3.97. The van der Waals surface area contributed by atoms with E-state index in [0.717, 1.165) is 52.0 Å². The first-order valence-electron chi connectivity index (χ1n) is 7.06. The van der Waals surface area contributed by atoms with Crippen LogP contribution < -0.4 is 5.32 Å². The van der Waals surface area contributed by atoms with Crippen LogP contribution in [0.4, 0.5) is 0 Å². The first kappa shape index (κ1) is 12.4. The minimum atomic E-state index is 0.00689. The van der Waals surface area contributed by atoms with E-state index in [4.69, 9.17) is 9.47 Å². The summed E-state index contributed by atoms with van der Waals surface area (Å²) in [5, 5.41) is 3.04. The highest BCUT2D eigenvalue weighted by atomic mass is 16.7. The highest BCUT2D eigenvalue weighted by molar-refractivity contribution is 5.78. The fraction of sp³-hybridized carbons (Fsp3) is 0.923. The van der Waals surface area contributed by atoms with Crippen molar-refractivity contribution in [3.63, 3.8) is 0 Å². The standard InChI is InChI=1S/C13H22N2O3/c16-12(14-11-1-2-11)9-15-5-3-10(4-6-15)13-17-7-8-18-13/h10-11,13H,1-9H2,(H,14,16). The Balaban J connectivity index is 1.37. The van der Waals surface area contributed by atoms with E-state index < -0.39 is 0 Å². The van der Waals surface area contributed by atoms with Gasteiger partial charge in [-0.05, 0) is 38.8 Å². The molecule has 1 amide bonds. The molecule has 0 aromatic carbocycles. The number of ether oxygens (including phenoxy) is 2. The maximum absolute atomic E-state index is 11.7. The zero-order valence-electron chi connectivity index (χ0n) is 10.8. The van der Waals surface area contributed by atoms with Gasteiger partial charge < -0.3 is 14.8 Å². The molecule has 0 aromatic heterocycles. The van der Waals surface area contributed by atoms with E-state index in [1.807, 2.05) is 0 Å². The molecule has 1 N–H and O–H groups in total. The van der Waals surface area contributed by atoms with Crippen LogP contribution in [0.2, 0.25) is 0 Å². The summed E-state index contributed by atoms with van der Waals surface area (Å²) in [6, 6.07) is 0.468. The summed E-state index contributed by atoms with van der Waals surface area (Å²) in [4.78, 5) is 13.9. The summed E-state index contributed by atoms with van der Waals surface area (Å²) < 4.78 is 11.1. The van der Waals surface area contributed by atoms with Crippen LogP contribution in [0.25, 0.3) is 0 Å². The van der Waals surface area contributed by atoms with Crippen LogP contribution in [0.5, 0.6) is 0 Å². The van der Waals surface area contributed by atoms with Gasteiger partial charge in [0.15, 0.2) is 6.29 Å². The van der Waals surface area contributed by atoms with Crippen molar-refractivity contribution in [2.75, 3.05) is 32.8 Å². The second kappa shape index (κ2) is 5.55. The molecule has 1 aliphatic carbocycles. The van der Waals surface area contributed by atoms with Crippen molar-refractivity contribution in [3.8, 4) is 0 Å². The molecular weight excluding hydrogens is 232 g/mol. The van der Waals surface area contributed by atoms with Crippen molar-refractivity contribution in [3.05, 3.63) is 0 Å². The van der Waals surface area contributed by atoms with E-state index in [2.05, 4.69) is 10.2 Å². The normalized spacial score (nSPS) is 27.6. The lowest BCUT2D eigenvalue weighted by atomic mass is 9.96. The van der Waals surface area contributed by atoms with Gasteiger partial charge in [-0.2, -0.15) is 0 Å². The third kappa shape index (κ3) is 3.22. The van der Waals surface area contributed by atoms with Gasteiger partial charge in [0.25, 0.3) is 0 Å². The van der Waals surface area contributed by atoms with Crippen LogP contribution in [-0.2, 0) is 14.3 Å². The highest BCUT2D eigenvalue weighted by Gasteiger charge is 2.31. The minimum Gasteiger partial charge on any atom is -0.352 e. The Bertz CT molecular complexity index is 293. The summed E-state index contributed by atoms with van der Waals surface area (Å²) in [5.74, 6) is 0.694. The molecule has 2 saturated heterocycles. The van der Waals surface area contributed by atoms with Crippen molar-refractivity contribution >= 4 is 5.91 Å². The summed E-state index contributed by atoms with van der Waals surface area (Å²) >= 11 is 0. The van der Waals surface area contributed by atoms with Crippen LogP contribution in [0.1, 0.15) is 25.7 Å². The molecule has 3 rings (SSSR count). The van der Waals surface area contributed by atoms with Crippen molar-refractivity contribution in [2.45, 2.75) is 38.0 Å². The van der Waals surface area contributed by atoms with Crippen molar-refractivity contribution in [1.82, 2.24) is 10.2 Å². The molecule has 0 unspecified atom stereocenters. The zero-order valence-corrected chi connectivity index (χ0v) is 10.8. The fourth-order valence-corrected chi connectivity index (χ4v) is 2.74. The quantitative estimate of drug-likeness (QED) is 0.786. The van der Waals surface area contributed by atoms with E-state index in [1.165, 1.54) is 0 Å². The van der Waals surface area contributed by atoms with Crippen LogP contribution in [0, 0.1) is 5.92 Å². The molecule has 1 saturated carbocycles. The number of rotatable bonds is 4. The van der Waals surface area contributed by atoms with Crippen molar-refractivity contribution < 1.29 is 14.3 Å². The van der Waals surface area contributed by atoms with Crippen LogP contribution in [0.3, 0.4) is 0 Å². The average molecular weight is 254 g/mol. The van der Waals surface area contributed by atoms with E-state index in [0.29, 0.717) is 18.5 Å². The summed E-state index contributed by atoms with van der Waals surface area (Å²) in [6.45, 7) is 3.97. The molecule has 5 nitrogen and oxygen atoms in total. The number of amides is 1. The first-order valence-corrected chi connectivity index (χ1v) is 7.06. The first-order chi connectivity index (χ1) is 8.81. The lowest BCUT2D eigenvalue weighted by Gasteiger charge is -2.33. The zero-order chi connectivity index (χ0) is 12.4. The van der Waals surface area contributed by atoms with Crippen molar-refractivity contribution in [1.29, 1.82) is 0 Å². The predicted octanol–water partition coefficient (Wildman–Crippen LogP) is 0.350. The molecule has 3 fully saturated rings. The molecule has 2 heterocycles. The number of carbonyl (C=O) groups is 1. The molecule has 0 aromatic rings. The molecule has 102 valence electrons. The lowest BCUT2D eigenvalue weighted by molar-refractivity contribution is -0.124. The van der Waals surface area contributed by atoms with E-state index >= 15 is 0 Å². The van der Waals surface area contributed by atoms with Crippen LogP contribution in [0.15, 0.2) is 0 Å². The SMILES string of the molecule is O=C(CN1CCC(C2OCCO2)CC1)NC1CC1. The van der Waals surface area contributed by atoms with Gasteiger partial charge in [0.2, 0.25) is 5.91 Å². The molecule has 0 atom stereocenters. The smallest absolute Gasteiger partial charge is 0.234 e. The second-order valence-electron chi connectivity index (χ2n) is 5.57. The van der Waals surface area contributed by atoms with Crippen molar-refractivity contribution in [2.24, 2.45) is 5.92 Å². The Morgan fingerprint density at radius 3 is 2.39 bits per heavy atom. The number of nitrogens with zero attached hydrogens (tertiary/aromatic N) is 1. The second-order valence-corrected chi connectivity index (χ2v) is 5.57. The van der Waals surface area contributed by atoms with Gasteiger partial charge >= 0.3 is 0 Å². The summed E-state index contributed by atoms with van der Waals surface area (Å²) in [6.07, 6.45) is 4.46. The number of carbonyl (C=O) groups excluding carboxylic acids is 1. The predicted molar refractivity (Wildman–Crippen MR) is 66.0 cm³/mol. The van der Waals surface area contributed by atoms with Gasteiger partial charge in [0.05, 0.1) is 19.8 Å². The average Bonchev–Trinajstić information content (AvgIpc) is 3.01. The maximum atomic E-state index is 11.7. The molecule has 3 aliphatic rings. The molecule has 0 bridgehead atoms. The highest BCUT2D eigenvalue weighted by Crippen LogP contribution is 2.25. The Morgan fingerprint density at radius 1 is 1.11 bits per heavy atom. The topological polar surface area (TPSA) is 50.8 Å². The lowest BCUT2D eigenvalue weighted by Crippen LogP contribution is -2.43. The van der Waals surface area contributed by atoms with Gasteiger partial charge in [-0.1, -0.05) is 0 Å². The molecular formula is C13H22N2O3. The summed E-state index contributed by atoms with van der Waals surface area (Å²) in [7, 11) is 0. The van der Waals surface area contributed by atoms with Gasteiger partial charge in [-0.3, -0.25) is 9.69 Å². The van der Waals surface area contributed by atoms with Crippen LogP contribution >= 0.6 is 0 Å². The number of hydrogen-bond acceptors (Lipinski definition) is 4. The maximum Gasteiger partial charge on any atom is 0.234 e. The molecule has 0 radical (unpaired) electrons. The molecule has 5 heteroatoms. The number of hydrogen-bond donors (Lipinski definition) is 1. The number of piperidine rings is 1. The van der Waals surface area contributed by atoms with Gasteiger partial charge in [0.1, 0.15) is 0 Å². The Kier molecular flexibility index (Phi) is 3.82. The van der Waals surface area contributed by atoms with Gasteiger partial charge in [-0.15, -0.1) is 0 Å². The monoisotopic (exact) mass is 254 g/mol. The molecule has 2 aliphatic heterocycles. The van der Waals surface area contributed by atoms with E-state index in [-0.39, 0.29) is 12.2 Å². The van der Waals surface area contributed by atoms with Gasteiger partial charge in [-0.25, -0.2) is 0 Å². The number of nitrogens with one attached hydrogen (secondary N) is 1. The minimum absolute atomic E-state index is 0.00689. The van der Waals surface area contributed by atoms with E-state index in [9.17, 15) is 4.79 Å². The number of likely N-dealkylation sites (tertiary alicyclic amines) is 1. The summed E-state index contributed by atoms with van der Waals surface area (Å²) in [5.41, 5.74) is 0. The van der Waals surface area contributed by atoms with Gasteiger partial charge in [0, 0.05) is 12.0 Å². The largest absolute Gasteiger partial charge is 0.352 e. The Hall–Kier alpha value is -0.650. The third-order valence-electron chi connectivity index (χ3n) is 3.97. The Labute approximate surface area is 108 Å². The fourth-order valence-electron chi connectivity index (χ4n) is 2.74. The molecule has 18 heavy (non-hydrogen) atoms. The van der Waals surface area contributed by atoms with Crippen LogP contribution in [-0.4, -0.2) is 56.0 Å². The Morgan fingerprint density at radius 2 is 1.78 bits per heavy atom.